The van der Waals surface area contributed by atoms with Crippen LogP contribution < -0.4 is 10.6 Å². The van der Waals surface area contributed by atoms with E-state index in [4.69, 9.17) is 0 Å². The predicted molar refractivity (Wildman–Crippen MR) is 116 cm³/mol. The average Bonchev–Trinajstić information content (AvgIpc) is 3.15. The summed E-state index contributed by atoms with van der Waals surface area (Å²) in [4.78, 5) is 36.7. The number of fused-ring (bicyclic) bond motifs is 1. The Morgan fingerprint density at radius 3 is 2.70 bits per heavy atom. The number of urea groups is 1. The molecular formula is C22H32N6O2. The minimum atomic E-state index is -0.124. The smallest absolute Gasteiger partial charge is 0.315 e. The lowest BCUT2D eigenvalue weighted by molar-refractivity contribution is -0.132. The molecule has 2 fully saturated rings. The van der Waals surface area contributed by atoms with Crippen LogP contribution >= 0.6 is 0 Å². The summed E-state index contributed by atoms with van der Waals surface area (Å²) in [5.74, 6) is 0.152. The zero-order valence-electron chi connectivity index (χ0n) is 17.7. The van der Waals surface area contributed by atoms with Crippen molar-refractivity contribution >= 4 is 23.0 Å². The highest BCUT2D eigenvalue weighted by Crippen LogP contribution is 2.20. The van der Waals surface area contributed by atoms with Crippen molar-refractivity contribution in [1.82, 2.24) is 30.4 Å². The van der Waals surface area contributed by atoms with Crippen LogP contribution in [0.1, 0.15) is 43.2 Å². The number of amides is 3. The first-order chi connectivity index (χ1) is 14.6. The van der Waals surface area contributed by atoms with Crippen LogP contribution in [0, 0.1) is 0 Å². The summed E-state index contributed by atoms with van der Waals surface area (Å²) in [5, 5.41) is 6.96. The van der Waals surface area contributed by atoms with E-state index in [0.29, 0.717) is 13.0 Å². The zero-order valence-corrected chi connectivity index (χ0v) is 17.7. The highest BCUT2D eigenvalue weighted by Gasteiger charge is 2.20. The van der Waals surface area contributed by atoms with Crippen LogP contribution in [0.2, 0.25) is 0 Å². The first-order valence-corrected chi connectivity index (χ1v) is 11.0. The number of pyridine rings is 1. The number of hydrogen-bond donors (Lipinski definition) is 3. The van der Waals surface area contributed by atoms with Crippen molar-refractivity contribution in [3.8, 4) is 0 Å². The van der Waals surface area contributed by atoms with Crippen molar-refractivity contribution in [1.29, 1.82) is 0 Å². The van der Waals surface area contributed by atoms with Crippen LogP contribution in [0.25, 0.3) is 11.0 Å². The Morgan fingerprint density at radius 2 is 1.93 bits per heavy atom. The molecule has 1 aliphatic heterocycles. The molecule has 30 heavy (non-hydrogen) atoms. The molecule has 0 bridgehead atoms. The van der Waals surface area contributed by atoms with Gasteiger partial charge in [-0.05, 0) is 37.1 Å². The fourth-order valence-electron chi connectivity index (χ4n) is 4.34. The largest absolute Gasteiger partial charge is 0.346 e. The maximum atomic E-state index is 12.7. The summed E-state index contributed by atoms with van der Waals surface area (Å²) in [6.45, 7) is 3.81. The van der Waals surface area contributed by atoms with E-state index in [-0.39, 0.29) is 18.0 Å². The molecule has 8 heteroatoms. The molecule has 0 atom stereocenters. The van der Waals surface area contributed by atoms with E-state index in [2.05, 4.69) is 32.5 Å². The summed E-state index contributed by atoms with van der Waals surface area (Å²) >= 11 is 0. The third kappa shape index (κ3) is 5.11. The molecule has 1 saturated heterocycles. The van der Waals surface area contributed by atoms with Gasteiger partial charge in [-0.1, -0.05) is 19.3 Å². The molecule has 4 rings (SSSR count). The number of likely N-dealkylation sites (N-methyl/N-ethyl adjacent to an activating group) is 1. The molecule has 2 aliphatic rings. The van der Waals surface area contributed by atoms with Crippen molar-refractivity contribution in [2.24, 2.45) is 0 Å². The van der Waals surface area contributed by atoms with Crippen molar-refractivity contribution in [3.05, 3.63) is 29.6 Å². The number of nitrogens with zero attached hydrogens (tertiary/aromatic N) is 3. The van der Waals surface area contributed by atoms with Gasteiger partial charge in [0.15, 0.2) is 0 Å². The van der Waals surface area contributed by atoms with Crippen molar-refractivity contribution < 1.29 is 9.59 Å². The van der Waals surface area contributed by atoms with Gasteiger partial charge < -0.3 is 25.4 Å². The molecule has 0 radical (unpaired) electrons. The number of rotatable bonds is 5. The number of H-pyrrole nitrogens is 1. The van der Waals surface area contributed by atoms with E-state index in [9.17, 15) is 9.59 Å². The normalized spacial score (nSPS) is 18.5. The lowest BCUT2D eigenvalue weighted by atomic mass is 9.96. The van der Waals surface area contributed by atoms with Gasteiger partial charge in [0, 0.05) is 56.5 Å². The number of aromatic amines is 1. The molecule has 0 unspecified atom stereocenters. The Kier molecular flexibility index (Phi) is 6.52. The number of nitrogens with one attached hydrogen (secondary N) is 3. The maximum Gasteiger partial charge on any atom is 0.315 e. The van der Waals surface area contributed by atoms with Crippen LogP contribution in [0.5, 0.6) is 0 Å². The summed E-state index contributed by atoms with van der Waals surface area (Å²) in [6.07, 6.45) is 9.78. The molecule has 162 valence electrons. The van der Waals surface area contributed by atoms with E-state index in [1.54, 1.807) is 6.20 Å². The SMILES string of the molecule is CN1CCN(C(=O)Cc2c[nH]c3ncc(CNC(=O)NC4CCCCC4)cc23)CC1. The number of carbonyl (C=O) groups excluding carboxylic acids is 2. The minimum absolute atomic E-state index is 0.124. The van der Waals surface area contributed by atoms with Crippen LogP contribution in [0.4, 0.5) is 4.79 Å². The van der Waals surface area contributed by atoms with Gasteiger partial charge in [-0.25, -0.2) is 9.78 Å². The second-order valence-corrected chi connectivity index (χ2v) is 8.58. The van der Waals surface area contributed by atoms with E-state index in [1.165, 1.54) is 19.3 Å². The summed E-state index contributed by atoms with van der Waals surface area (Å²) < 4.78 is 0. The van der Waals surface area contributed by atoms with Gasteiger partial charge in [-0.3, -0.25) is 4.79 Å². The Labute approximate surface area is 177 Å². The van der Waals surface area contributed by atoms with Gasteiger partial charge in [-0.15, -0.1) is 0 Å². The molecule has 0 aromatic carbocycles. The topological polar surface area (TPSA) is 93.4 Å². The monoisotopic (exact) mass is 412 g/mol. The van der Waals surface area contributed by atoms with Crippen LogP contribution in [-0.4, -0.2) is 71.0 Å². The van der Waals surface area contributed by atoms with Gasteiger partial charge >= 0.3 is 6.03 Å². The highest BCUT2D eigenvalue weighted by molar-refractivity contribution is 5.87. The molecular weight excluding hydrogens is 380 g/mol. The fourth-order valence-corrected chi connectivity index (χ4v) is 4.34. The van der Waals surface area contributed by atoms with E-state index < -0.39 is 0 Å². The number of hydrogen-bond acceptors (Lipinski definition) is 4. The molecule has 3 amide bonds. The van der Waals surface area contributed by atoms with Gasteiger partial charge in [-0.2, -0.15) is 0 Å². The Bertz CT molecular complexity index is 881. The molecule has 2 aromatic heterocycles. The van der Waals surface area contributed by atoms with Crippen LogP contribution in [0.15, 0.2) is 18.5 Å². The number of piperazine rings is 1. The molecule has 0 spiro atoms. The Hall–Kier alpha value is -2.61. The zero-order chi connectivity index (χ0) is 20.9. The second kappa shape index (κ2) is 9.47. The van der Waals surface area contributed by atoms with Crippen LogP contribution in [-0.2, 0) is 17.8 Å². The van der Waals surface area contributed by atoms with E-state index in [1.807, 2.05) is 17.2 Å². The van der Waals surface area contributed by atoms with E-state index in [0.717, 1.165) is 61.2 Å². The third-order valence-corrected chi connectivity index (χ3v) is 6.26. The lowest BCUT2D eigenvalue weighted by Crippen LogP contribution is -2.47. The van der Waals surface area contributed by atoms with Crippen molar-refractivity contribution in [2.75, 3.05) is 33.2 Å². The molecule has 8 nitrogen and oxygen atoms in total. The molecule has 3 N–H and O–H groups in total. The quantitative estimate of drug-likeness (QED) is 0.700. The van der Waals surface area contributed by atoms with Crippen LogP contribution in [0.3, 0.4) is 0 Å². The van der Waals surface area contributed by atoms with Gasteiger partial charge in [0.05, 0.1) is 6.42 Å². The minimum Gasteiger partial charge on any atom is -0.346 e. The van der Waals surface area contributed by atoms with Gasteiger partial charge in [0.25, 0.3) is 0 Å². The number of carbonyl (C=O) groups is 2. The lowest BCUT2D eigenvalue weighted by Gasteiger charge is -2.32. The van der Waals surface area contributed by atoms with Gasteiger partial charge in [0.2, 0.25) is 5.91 Å². The van der Waals surface area contributed by atoms with Gasteiger partial charge in [0.1, 0.15) is 5.65 Å². The maximum absolute atomic E-state index is 12.7. The van der Waals surface area contributed by atoms with E-state index >= 15 is 0 Å². The first-order valence-electron chi connectivity index (χ1n) is 11.0. The fraction of sp³-hybridized carbons (Fsp3) is 0.591. The van der Waals surface area contributed by atoms with Crippen molar-refractivity contribution in [2.45, 2.75) is 51.1 Å². The standard InChI is InChI=1S/C22H32N6O2/c1-27-7-9-28(10-8-27)20(29)12-17-15-24-21-19(17)11-16(13-23-21)14-25-22(30)26-18-5-3-2-4-6-18/h11,13,15,18H,2-10,12,14H2,1H3,(H,23,24)(H2,25,26,30). The molecule has 3 heterocycles. The number of aromatic nitrogens is 2. The predicted octanol–water partition coefficient (Wildman–Crippen LogP) is 2.01. The molecule has 1 aliphatic carbocycles. The third-order valence-electron chi connectivity index (χ3n) is 6.26. The second-order valence-electron chi connectivity index (χ2n) is 8.58. The molecule has 1 saturated carbocycles. The molecule has 2 aromatic rings. The Balaban J connectivity index is 1.35. The highest BCUT2D eigenvalue weighted by atomic mass is 16.2. The summed E-state index contributed by atoms with van der Waals surface area (Å²) in [7, 11) is 2.08. The average molecular weight is 413 g/mol. The summed E-state index contributed by atoms with van der Waals surface area (Å²) in [5.41, 5.74) is 2.65. The Morgan fingerprint density at radius 1 is 1.17 bits per heavy atom. The first kappa shape index (κ1) is 20.7. The van der Waals surface area contributed by atoms with Crippen molar-refractivity contribution in [3.63, 3.8) is 0 Å². The summed E-state index contributed by atoms with van der Waals surface area (Å²) in [6, 6.07) is 2.18.